The number of fused-ring (bicyclic) bond motifs is 2. The largest absolute Gasteiger partial charge is 0.408 e. The molecule has 0 radical (unpaired) electrons. The number of rotatable bonds is 5. The first-order valence-corrected chi connectivity index (χ1v) is 11.6. The topological polar surface area (TPSA) is 154 Å². The Morgan fingerprint density at radius 2 is 1.97 bits per heavy atom. The zero-order valence-corrected chi connectivity index (χ0v) is 20.5. The lowest BCUT2D eigenvalue weighted by Crippen LogP contribution is -2.29. The summed E-state index contributed by atoms with van der Waals surface area (Å²) in [6.07, 6.45) is 1.60. The van der Waals surface area contributed by atoms with Crippen molar-refractivity contribution < 1.29 is 18.4 Å². The molecule has 1 aromatic carbocycles. The van der Waals surface area contributed by atoms with Gasteiger partial charge in [-0.05, 0) is 32.0 Å². The highest BCUT2D eigenvalue weighted by Gasteiger charge is 2.44. The molecule has 1 aliphatic heterocycles. The number of benzene rings is 1. The van der Waals surface area contributed by atoms with Gasteiger partial charge in [0.15, 0.2) is 11.5 Å². The molecule has 0 saturated carbocycles. The van der Waals surface area contributed by atoms with E-state index in [0.717, 1.165) is 0 Å². The van der Waals surface area contributed by atoms with Crippen molar-refractivity contribution >= 4 is 34.7 Å². The number of aromatic nitrogens is 7. The Morgan fingerprint density at radius 3 is 2.74 bits per heavy atom. The molecule has 0 spiro atoms. The Balaban J connectivity index is 1.50. The molecule has 5 heterocycles. The van der Waals surface area contributed by atoms with Crippen LogP contribution in [0.15, 0.2) is 47.0 Å². The Morgan fingerprint density at radius 1 is 1.16 bits per heavy atom. The number of amides is 2. The van der Waals surface area contributed by atoms with E-state index in [1.807, 2.05) is 0 Å². The standard InChI is InChI=1S/C25H20FN9O3/c1-12-32-33-24(38-12)31-22(36)18-16-19(30-23(37)25(16,2)3)29-20(28-18)17-14-8-6-10-27-21(14)35(34-17)11-13-7-4-5-9-15(13)26/h4-10H,11H2,1-3H3,(H,31,33,36)(H,28,29,30,37). The van der Waals surface area contributed by atoms with Crippen molar-refractivity contribution in [2.45, 2.75) is 32.7 Å². The first kappa shape index (κ1) is 23.3. The number of pyridine rings is 1. The minimum atomic E-state index is -1.08. The third-order valence-corrected chi connectivity index (χ3v) is 6.29. The molecule has 38 heavy (non-hydrogen) atoms. The first-order valence-electron chi connectivity index (χ1n) is 11.6. The normalized spacial score (nSPS) is 13.9. The van der Waals surface area contributed by atoms with Gasteiger partial charge in [0.25, 0.3) is 5.91 Å². The molecule has 0 fully saturated rings. The van der Waals surface area contributed by atoms with Crippen molar-refractivity contribution in [3.05, 3.63) is 71.1 Å². The van der Waals surface area contributed by atoms with E-state index >= 15 is 0 Å². The lowest BCUT2D eigenvalue weighted by Gasteiger charge is -2.17. The van der Waals surface area contributed by atoms with Gasteiger partial charge < -0.3 is 9.73 Å². The van der Waals surface area contributed by atoms with E-state index in [0.29, 0.717) is 27.9 Å². The molecule has 0 atom stereocenters. The summed E-state index contributed by atoms with van der Waals surface area (Å²) in [6, 6.07) is 9.78. The molecule has 2 amide bonds. The predicted octanol–water partition coefficient (Wildman–Crippen LogP) is 3.25. The number of hydrogen-bond acceptors (Lipinski definition) is 9. The van der Waals surface area contributed by atoms with Crippen LogP contribution >= 0.6 is 0 Å². The van der Waals surface area contributed by atoms with Crippen LogP contribution in [0.3, 0.4) is 0 Å². The smallest absolute Gasteiger partial charge is 0.322 e. The van der Waals surface area contributed by atoms with Gasteiger partial charge in [-0.1, -0.05) is 23.3 Å². The first-order chi connectivity index (χ1) is 18.2. The molecule has 0 unspecified atom stereocenters. The van der Waals surface area contributed by atoms with Crippen LogP contribution in [0.25, 0.3) is 22.6 Å². The van der Waals surface area contributed by atoms with Gasteiger partial charge >= 0.3 is 6.01 Å². The van der Waals surface area contributed by atoms with Crippen LogP contribution in [0.4, 0.5) is 16.2 Å². The highest BCUT2D eigenvalue weighted by molar-refractivity contribution is 6.11. The molecule has 2 N–H and O–H groups in total. The minimum Gasteiger partial charge on any atom is -0.408 e. The maximum absolute atomic E-state index is 14.4. The number of carbonyl (C=O) groups is 2. The average molecular weight is 513 g/mol. The van der Waals surface area contributed by atoms with Crippen molar-refractivity contribution in [2.75, 3.05) is 10.6 Å². The summed E-state index contributed by atoms with van der Waals surface area (Å²) < 4.78 is 21.2. The number of aryl methyl sites for hydroxylation is 1. The molecule has 5 aromatic rings. The van der Waals surface area contributed by atoms with Crippen LogP contribution in [0.5, 0.6) is 0 Å². The van der Waals surface area contributed by atoms with E-state index < -0.39 is 11.3 Å². The lowest BCUT2D eigenvalue weighted by atomic mass is 9.85. The second-order valence-corrected chi connectivity index (χ2v) is 9.25. The summed E-state index contributed by atoms with van der Waals surface area (Å²) in [7, 11) is 0. The second-order valence-electron chi connectivity index (χ2n) is 9.25. The van der Waals surface area contributed by atoms with Crippen molar-refractivity contribution in [3.63, 3.8) is 0 Å². The Kier molecular flexibility index (Phi) is 5.22. The molecule has 0 bridgehead atoms. The molecule has 4 aromatic heterocycles. The van der Waals surface area contributed by atoms with Crippen LogP contribution in [-0.4, -0.2) is 46.7 Å². The lowest BCUT2D eigenvalue weighted by molar-refractivity contribution is -0.119. The molecular weight excluding hydrogens is 493 g/mol. The van der Waals surface area contributed by atoms with Gasteiger partial charge in [-0.25, -0.2) is 24.0 Å². The maximum atomic E-state index is 14.4. The van der Waals surface area contributed by atoms with Gasteiger partial charge in [-0.3, -0.25) is 14.9 Å². The molecule has 0 aliphatic carbocycles. The molecule has 0 saturated heterocycles. The number of hydrogen-bond donors (Lipinski definition) is 2. The van der Waals surface area contributed by atoms with Gasteiger partial charge in [0.05, 0.1) is 17.3 Å². The summed E-state index contributed by atoms with van der Waals surface area (Å²) in [5, 5.41) is 18.0. The molecule has 12 nitrogen and oxygen atoms in total. The van der Waals surface area contributed by atoms with Gasteiger partial charge in [0.2, 0.25) is 11.8 Å². The van der Waals surface area contributed by atoms with E-state index in [9.17, 15) is 14.0 Å². The second kappa shape index (κ2) is 8.50. The summed E-state index contributed by atoms with van der Waals surface area (Å²) >= 11 is 0. The van der Waals surface area contributed by atoms with Crippen molar-refractivity contribution in [3.8, 4) is 11.5 Å². The van der Waals surface area contributed by atoms with E-state index in [-0.39, 0.29) is 47.5 Å². The van der Waals surface area contributed by atoms with Crippen molar-refractivity contribution in [1.82, 2.24) is 34.9 Å². The fraction of sp³-hybridized carbons (Fsp3) is 0.200. The van der Waals surface area contributed by atoms with Crippen LogP contribution in [0.1, 0.15) is 41.4 Å². The fourth-order valence-electron chi connectivity index (χ4n) is 4.37. The zero-order chi connectivity index (χ0) is 26.6. The SMILES string of the molecule is Cc1nnc(NC(=O)c2nc(-c3nn(Cc4ccccc4F)c4ncccc34)nc3c2C(C)(C)C(=O)N3)o1. The highest BCUT2D eigenvalue weighted by Crippen LogP contribution is 2.40. The summed E-state index contributed by atoms with van der Waals surface area (Å²) in [6.45, 7) is 5.05. The fourth-order valence-corrected chi connectivity index (χ4v) is 4.37. The van der Waals surface area contributed by atoms with E-state index in [2.05, 4.69) is 40.9 Å². The number of nitrogens with zero attached hydrogens (tertiary/aromatic N) is 7. The monoisotopic (exact) mass is 513 g/mol. The average Bonchev–Trinajstić information content (AvgIpc) is 3.54. The third kappa shape index (κ3) is 3.75. The van der Waals surface area contributed by atoms with Crippen molar-refractivity contribution in [2.24, 2.45) is 0 Å². The highest BCUT2D eigenvalue weighted by atomic mass is 19.1. The van der Waals surface area contributed by atoms with E-state index in [1.54, 1.807) is 62.0 Å². The molecular formula is C25H20FN9O3. The molecule has 6 rings (SSSR count). The van der Waals surface area contributed by atoms with Crippen LogP contribution < -0.4 is 10.6 Å². The van der Waals surface area contributed by atoms with Crippen LogP contribution in [-0.2, 0) is 16.8 Å². The quantitative estimate of drug-likeness (QED) is 0.360. The van der Waals surface area contributed by atoms with E-state index in [1.165, 1.54) is 6.07 Å². The van der Waals surface area contributed by atoms with Gasteiger partial charge in [0.1, 0.15) is 23.0 Å². The number of anilines is 2. The number of nitrogens with one attached hydrogen (secondary N) is 2. The van der Waals surface area contributed by atoms with Crippen LogP contribution in [0, 0.1) is 12.7 Å². The van der Waals surface area contributed by atoms with E-state index in [4.69, 9.17) is 4.42 Å². The van der Waals surface area contributed by atoms with Crippen molar-refractivity contribution in [1.29, 1.82) is 0 Å². The van der Waals surface area contributed by atoms with Gasteiger partial charge in [-0.2, -0.15) is 5.10 Å². The third-order valence-electron chi connectivity index (χ3n) is 6.29. The maximum Gasteiger partial charge on any atom is 0.322 e. The number of halogens is 1. The summed E-state index contributed by atoms with van der Waals surface area (Å²) in [5.74, 6) is -0.825. The van der Waals surface area contributed by atoms with Gasteiger partial charge in [-0.15, -0.1) is 5.10 Å². The Hall–Kier alpha value is -5.07. The number of carbonyl (C=O) groups excluding carboxylic acids is 2. The molecule has 1 aliphatic rings. The van der Waals surface area contributed by atoms with Crippen LogP contribution in [0.2, 0.25) is 0 Å². The zero-order valence-electron chi connectivity index (χ0n) is 20.5. The minimum absolute atomic E-state index is 0.0510. The molecule has 190 valence electrons. The van der Waals surface area contributed by atoms with Gasteiger partial charge in [0, 0.05) is 24.2 Å². The summed E-state index contributed by atoms with van der Waals surface area (Å²) in [5.41, 5.74) is 0.408. The predicted molar refractivity (Wildman–Crippen MR) is 133 cm³/mol. The molecule has 13 heteroatoms. The Labute approximate surface area is 214 Å². The summed E-state index contributed by atoms with van der Waals surface area (Å²) in [4.78, 5) is 39.7. The Bertz CT molecular complexity index is 1760.